The molecule has 0 aliphatic heterocycles. The van der Waals surface area contributed by atoms with E-state index in [1.54, 1.807) is 13.0 Å². The number of allylic oxidation sites excluding steroid dienone is 9. The Morgan fingerprint density at radius 1 is 1.21 bits per heavy atom. The molecule has 0 bridgehead atoms. The normalized spacial score (nSPS) is 21.3. The maximum Gasteiger partial charge on any atom is 0.328 e. The Labute approximate surface area is 144 Å². The molecular weight excluding hydrogens is 302 g/mol. The molecule has 0 radical (unpaired) electrons. The van der Waals surface area contributed by atoms with Crippen molar-refractivity contribution in [3.63, 3.8) is 0 Å². The molecule has 0 heterocycles. The molecule has 4 nitrogen and oxygen atoms in total. The summed E-state index contributed by atoms with van der Waals surface area (Å²) in [5.74, 6) is -0.943. The summed E-state index contributed by atoms with van der Waals surface area (Å²) >= 11 is 0. The van der Waals surface area contributed by atoms with Gasteiger partial charge in [-0.05, 0) is 55.7 Å². The Morgan fingerprint density at radius 3 is 2.46 bits per heavy atom. The van der Waals surface area contributed by atoms with Gasteiger partial charge in [0, 0.05) is 6.08 Å². The topological polar surface area (TPSA) is 69.9 Å². The second-order valence-electron chi connectivity index (χ2n) is 6.80. The van der Waals surface area contributed by atoms with Gasteiger partial charge in [0.05, 0.1) is 5.71 Å². The predicted molar refractivity (Wildman–Crippen MR) is 98.4 cm³/mol. The van der Waals surface area contributed by atoms with Gasteiger partial charge >= 0.3 is 5.97 Å². The first-order valence-corrected chi connectivity index (χ1v) is 8.04. The minimum absolute atomic E-state index is 0.0473. The molecule has 0 amide bonds. The van der Waals surface area contributed by atoms with Gasteiger partial charge < -0.3 is 10.3 Å². The van der Waals surface area contributed by atoms with Crippen molar-refractivity contribution in [2.75, 3.05) is 0 Å². The summed E-state index contributed by atoms with van der Waals surface area (Å²) in [4.78, 5) is 10.6. The van der Waals surface area contributed by atoms with E-state index in [1.165, 1.54) is 11.6 Å². The highest BCUT2D eigenvalue weighted by Crippen LogP contribution is 2.39. The standard InChI is InChI=1S/C20H27NO3/c1-14(7-6-8-15(2)13-19(22)23)9-10-17-16(3)18(21-24)11-12-20(17,4)5/h6-10,13,24H,11-12H2,1-5H3,(H,22,23). The number of carboxylic acids is 1. The van der Waals surface area contributed by atoms with Gasteiger partial charge in [-0.2, -0.15) is 0 Å². The predicted octanol–water partition coefficient (Wildman–Crippen LogP) is 5.04. The number of rotatable bonds is 5. The fourth-order valence-electron chi connectivity index (χ4n) is 2.76. The lowest BCUT2D eigenvalue weighted by molar-refractivity contribution is -0.131. The number of hydrogen-bond donors (Lipinski definition) is 2. The molecule has 2 N–H and O–H groups in total. The van der Waals surface area contributed by atoms with Gasteiger partial charge in [-0.25, -0.2) is 4.79 Å². The van der Waals surface area contributed by atoms with Crippen LogP contribution >= 0.6 is 0 Å². The van der Waals surface area contributed by atoms with Crippen LogP contribution in [0.5, 0.6) is 0 Å². The first-order chi connectivity index (χ1) is 11.2. The first kappa shape index (κ1) is 19.7. The van der Waals surface area contributed by atoms with Crippen LogP contribution in [0.25, 0.3) is 0 Å². The molecule has 0 aromatic rings. The Kier molecular flexibility index (Phi) is 6.96. The van der Waals surface area contributed by atoms with Crippen LogP contribution in [0.3, 0.4) is 0 Å². The van der Waals surface area contributed by atoms with E-state index in [9.17, 15) is 4.79 Å². The molecule has 0 saturated carbocycles. The third-order valence-corrected chi connectivity index (χ3v) is 4.26. The Balaban J connectivity index is 2.96. The van der Waals surface area contributed by atoms with Crippen molar-refractivity contribution in [2.45, 2.75) is 47.5 Å². The summed E-state index contributed by atoms with van der Waals surface area (Å²) in [6.07, 6.45) is 12.6. The van der Waals surface area contributed by atoms with Crippen LogP contribution in [0.15, 0.2) is 63.9 Å². The second kappa shape index (κ2) is 8.48. The summed E-state index contributed by atoms with van der Waals surface area (Å²) < 4.78 is 0. The molecule has 0 aromatic heterocycles. The van der Waals surface area contributed by atoms with E-state index in [4.69, 9.17) is 10.3 Å². The number of carboxylic acid groups (broad SMARTS) is 1. The lowest BCUT2D eigenvalue weighted by Gasteiger charge is -2.33. The van der Waals surface area contributed by atoms with E-state index in [2.05, 4.69) is 25.1 Å². The molecule has 1 rings (SSSR count). The first-order valence-electron chi connectivity index (χ1n) is 8.04. The molecule has 0 aromatic carbocycles. The van der Waals surface area contributed by atoms with Crippen LogP contribution in [-0.4, -0.2) is 22.0 Å². The van der Waals surface area contributed by atoms with Gasteiger partial charge in [0.15, 0.2) is 0 Å². The van der Waals surface area contributed by atoms with Crippen molar-refractivity contribution in [3.8, 4) is 0 Å². The van der Waals surface area contributed by atoms with E-state index in [1.807, 2.05) is 32.1 Å². The second-order valence-corrected chi connectivity index (χ2v) is 6.80. The maximum absolute atomic E-state index is 10.6. The molecule has 24 heavy (non-hydrogen) atoms. The van der Waals surface area contributed by atoms with Gasteiger partial charge in [0.1, 0.15) is 0 Å². The summed E-state index contributed by atoms with van der Waals surface area (Å²) in [5, 5.41) is 21.2. The van der Waals surface area contributed by atoms with Gasteiger partial charge in [-0.1, -0.05) is 55.0 Å². The van der Waals surface area contributed by atoms with Crippen molar-refractivity contribution in [1.82, 2.24) is 0 Å². The van der Waals surface area contributed by atoms with Crippen molar-refractivity contribution in [3.05, 3.63) is 58.7 Å². The van der Waals surface area contributed by atoms with Crippen molar-refractivity contribution < 1.29 is 15.1 Å². The van der Waals surface area contributed by atoms with E-state index in [0.717, 1.165) is 29.7 Å². The maximum atomic E-state index is 10.6. The van der Waals surface area contributed by atoms with Gasteiger partial charge in [-0.15, -0.1) is 0 Å². The molecule has 130 valence electrons. The highest BCUT2D eigenvalue weighted by Gasteiger charge is 2.29. The van der Waals surface area contributed by atoms with Crippen molar-refractivity contribution >= 4 is 11.7 Å². The van der Waals surface area contributed by atoms with E-state index >= 15 is 0 Å². The zero-order valence-electron chi connectivity index (χ0n) is 15.1. The SMILES string of the molecule is CC(C=CC1=C(C)C(=NO)CCC1(C)C)=CC=CC(C)=CC(=O)O. The van der Waals surface area contributed by atoms with Gasteiger partial charge in [-0.3, -0.25) is 0 Å². The lowest BCUT2D eigenvalue weighted by atomic mass is 9.72. The zero-order chi connectivity index (χ0) is 18.3. The molecular formula is C20H27NO3. The minimum atomic E-state index is -0.943. The number of nitrogens with zero attached hydrogens (tertiary/aromatic N) is 1. The van der Waals surface area contributed by atoms with Gasteiger partial charge in [0.2, 0.25) is 0 Å². The lowest BCUT2D eigenvalue weighted by Crippen LogP contribution is -2.24. The third-order valence-electron chi connectivity index (χ3n) is 4.26. The van der Waals surface area contributed by atoms with E-state index < -0.39 is 5.97 Å². The smallest absolute Gasteiger partial charge is 0.328 e. The quantitative estimate of drug-likeness (QED) is 0.321. The largest absolute Gasteiger partial charge is 0.478 e. The fourth-order valence-corrected chi connectivity index (χ4v) is 2.76. The molecule has 4 heteroatoms. The molecule has 1 aliphatic rings. The van der Waals surface area contributed by atoms with Crippen molar-refractivity contribution in [1.29, 1.82) is 0 Å². The summed E-state index contributed by atoms with van der Waals surface area (Å²) in [7, 11) is 0. The average Bonchev–Trinajstić information content (AvgIpc) is 2.45. The van der Waals surface area contributed by atoms with Crippen LogP contribution in [0.4, 0.5) is 0 Å². The van der Waals surface area contributed by atoms with E-state index in [-0.39, 0.29) is 5.41 Å². The number of oxime groups is 1. The highest BCUT2D eigenvalue weighted by atomic mass is 16.4. The van der Waals surface area contributed by atoms with Crippen LogP contribution in [0.2, 0.25) is 0 Å². The molecule has 0 spiro atoms. The van der Waals surface area contributed by atoms with Crippen molar-refractivity contribution in [2.24, 2.45) is 10.6 Å². The molecule has 0 atom stereocenters. The monoisotopic (exact) mass is 329 g/mol. The molecule has 0 unspecified atom stereocenters. The molecule has 0 fully saturated rings. The summed E-state index contributed by atoms with van der Waals surface area (Å²) in [6, 6.07) is 0. The average molecular weight is 329 g/mol. The minimum Gasteiger partial charge on any atom is -0.478 e. The van der Waals surface area contributed by atoms with Crippen LogP contribution < -0.4 is 0 Å². The third kappa shape index (κ3) is 5.69. The van der Waals surface area contributed by atoms with Crippen LogP contribution in [-0.2, 0) is 4.79 Å². The Hall–Kier alpha value is -2.36. The van der Waals surface area contributed by atoms with E-state index in [0.29, 0.717) is 5.57 Å². The molecule has 1 aliphatic carbocycles. The van der Waals surface area contributed by atoms with Crippen LogP contribution in [0.1, 0.15) is 47.5 Å². The fraction of sp³-hybridized carbons (Fsp3) is 0.400. The number of aliphatic carboxylic acids is 1. The molecule has 0 saturated heterocycles. The highest BCUT2D eigenvalue weighted by molar-refractivity contribution is 6.01. The van der Waals surface area contributed by atoms with Gasteiger partial charge in [0.25, 0.3) is 0 Å². The Bertz CT molecular complexity index is 671. The zero-order valence-corrected chi connectivity index (χ0v) is 15.1. The number of carbonyl (C=O) groups is 1. The summed E-state index contributed by atoms with van der Waals surface area (Å²) in [5.41, 5.74) is 4.76. The van der Waals surface area contributed by atoms with Crippen LogP contribution in [0, 0.1) is 5.41 Å². The number of hydrogen-bond acceptors (Lipinski definition) is 3. The Morgan fingerprint density at radius 2 is 1.88 bits per heavy atom. The summed E-state index contributed by atoms with van der Waals surface area (Å²) in [6.45, 7) is 10.1.